The number of hydrogen-bond donors (Lipinski definition) is 1. The number of carboxylic acid groups (broad SMARTS) is 2. The summed E-state index contributed by atoms with van der Waals surface area (Å²) in [6.07, 6.45) is 3.70. The number of anilines is 1. The number of carbonyl (C=O) groups excluding carboxylic acids is 1. The molecule has 1 saturated carbocycles. The van der Waals surface area contributed by atoms with Crippen molar-refractivity contribution in [2.75, 3.05) is 25.1 Å². The van der Waals surface area contributed by atoms with E-state index in [-0.39, 0.29) is 131 Å². The van der Waals surface area contributed by atoms with Crippen LogP contribution in [0.5, 0.6) is 5.75 Å². The van der Waals surface area contributed by atoms with Gasteiger partial charge < -0.3 is 34.2 Å². The Morgan fingerprint density at radius 1 is 1.17 bits per heavy atom. The van der Waals surface area contributed by atoms with Gasteiger partial charge in [0.2, 0.25) is 0 Å². The van der Waals surface area contributed by atoms with E-state index >= 15 is 0 Å². The number of nitrogens with zero attached hydrogens (tertiary/aromatic N) is 2. The first-order valence-corrected chi connectivity index (χ1v) is 16.5. The van der Waals surface area contributed by atoms with Crippen molar-refractivity contribution in [2.45, 2.75) is 76.8 Å². The number of hydrogen-bond acceptors (Lipinski definition) is 9. The molecule has 1 aromatic heterocycles. The Kier molecular flexibility index (Phi) is 17.4. The summed E-state index contributed by atoms with van der Waals surface area (Å²) in [6, 6.07) is 7.40. The Morgan fingerprint density at radius 3 is 2.32 bits per heavy atom. The second kappa shape index (κ2) is 18.0. The largest absolute Gasteiger partial charge is 1.00 e. The third kappa shape index (κ3) is 12.2. The van der Waals surface area contributed by atoms with Crippen LogP contribution in [-0.2, 0) is 9.16 Å². The minimum Gasteiger partial charge on any atom is -0.652 e. The molecule has 216 valence electrons. The molecule has 0 spiro atoms. The standard InChI is InChI=1S/C26H38ClN3O4Si.CH2O3.2K/c1-26(2,3)35(4,5)34-22-13-21(14-22)33-20-10-8-19(9-11-20)30-25(31)24(27)23(16-29-30)28-15-18-7-6-12-32-17-18;2-1(3)4;;/h8-11,16,18,21-22,28H,6-7,12-15,17H2,1-5H3;(H2,2,3,4);;/q;;2*+1/p-2/t18-,21?,22?;;;/m1.../s1. The van der Waals surface area contributed by atoms with Crippen LogP contribution < -0.4 is 129 Å². The molecule has 1 aliphatic carbocycles. The summed E-state index contributed by atoms with van der Waals surface area (Å²) < 4.78 is 19.4. The Hall–Kier alpha value is 0.670. The molecule has 4 rings (SSSR count). The fourth-order valence-electron chi connectivity index (χ4n) is 4.12. The van der Waals surface area contributed by atoms with Crippen molar-refractivity contribution in [3.63, 3.8) is 0 Å². The van der Waals surface area contributed by atoms with Crippen molar-refractivity contribution in [3.8, 4) is 11.4 Å². The molecule has 0 amide bonds. The van der Waals surface area contributed by atoms with Gasteiger partial charge in [0.15, 0.2) is 8.32 Å². The number of carbonyl (C=O) groups is 1. The molecular weight excluding hydrogens is 620 g/mol. The van der Waals surface area contributed by atoms with E-state index in [1.165, 1.54) is 4.68 Å². The fourth-order valence-corrected chi connectivity index (χ4v) is 5.70. The number of halogens is 1. The average molecular weight is 658 g/mol. The third-order valence-electron chi connectivity index (χ3n) is 7.46. The van der Waals surface area contributed by atoms with Gasteiger partial charge in [-0.3, -0.25) is 4.79 Å². The summed E-state index contributed by atoms with van der Waals surface area (Å²) in [7, 11) is -1.75. The van der Waals surface area contributed by atoms with E-state index in [2.05, 4.69) is 44.3 Å². The fraction of sp³-hybridized carbons (Fsp3) is 0.593. The van der Waals surface area contributed by atoms with Crippen molar-refractivity contribution in [3.05, 3.63) is 45.8 Å². The van der Waals surface area contributed by atoms with Crippen molar-refractivity contribution in [2.24, 2.45) is 5.92 Å². The van der Waals surface area contributed by atoms with Crippen LogP contribution in [-0.4, -0.2) is 56.2 Å². The zero-order valence-corrected chi connectivity index (χ0v) is 33.2. The smallest absolute Gasteiger partial charge is 0.652 e. The van der Waals surface area contributed by atoms with Gasteiger partial charge in [0.25, 0.3) is 5.56 Å². The number of nitrogens with one attached hydrogen (secondary N) is 1. The van der Waals surface area contributed by atoms with Gasteiger partial charge in [-0.15, -0.1) is 0 Å². The predicted octanol–water partition coefficient (Wildman–Crippen LogP) is -2.78. The van der Waals surface area contributed by atoms with Crippen LogP contribution in [0.3, 0.4) is 0 Å². The first-order chi connectivity index (χ1) is 18.3. The topological polar surface area (TPSA) is 138 Å². The van der Waals surface area contributed by atoms with Gasteiger partial charge in [-0.1, -0.05) is 32.4 Å². The van der Waals surface area contributed by atoms with Crippen LogP contribution in [0.1, 0.15) is 46.5 Å². The number of rotatable bonds is 8. The summed E-state index contributed by atoms with van der Waals surface area (Å²) in [6.45, 7) is 13.6. The van der Waals surface area contributed by atoms with Crippen LogP contribution in [0, 0.1) is 5.92 Å². The minimum atomic E-state index is -2.33. The van der Waals surface area contributed by atoms with E-state index in [1.807, 2.05) is 24.3 Å². The molecule has 2 heterocycles. The summed E-state index contributed by atoms with van der Waals surface area (Å²) >= 11 is 6.38. The Labute approximate surface area is 333 Å². The summed E-state index contributed by atoms with van der Waals surface area (Å²) in [5.74, 6) is 1.19. The molecule has 0 unspecified atom stereocenters. The molecule has 1 saturated heterocycles. The monoisotopic (exact) mass is 657 g/mol. The van der Waals surface area contributed by atoms with Gasteiger partial charge in [0.1, 0.15) is 16.9 Å². The van der Waals surface area contributed by atoms with Gasteiger partial charge in [-0.2, -0.15) is 9.78 Å². The van der Waals surface area contributed by atoms with Crippen molar-refractivity contribution < 1.29 is 132 Å². The van der Waals surface area contributed by atoms with E-state index < -0.39 is 14.5 Å². The molecule has 0 bridgehead atoms. The Morgan fingerprint density at radius 2 is 1.78 bits per heavy atom. The summed E-state index contributed by atoms with van der Waals surface area (Å²) in [5, 5.41) is 24.6. The molecule has 1 N–H and O–H groups in total. The molecule has 1 aliphatic heterocycles. The van der Waals surface area contributed by atoms with Crippen LogP contribution in [0.15, 0.2) is 35.3 Å². The first kappa shape index (κ1) is 39.7. The third-order valence-corrected chi connectivity index (χ3v) is 12.4. The molecule has 2 aromatic rings. The summed E-state index contributed by atoms with van der Waals surface area (Å²) in [5.41, 5.74) is 0.844. The van der Waals surface area contributed by atoms with Crippen molar-refractivity contribution in [1.29, 1.82) is 0 Å². The maximum absolute atomic E-state index is 12.8. The number of aromatic nitrogens is 2. The zero-order valence-electron chi connectivity index (χ0n) is 25.2. The van der Waals surface area contributed by atoms with E-state index in [4.69, 9.17) is 40.5 Å². The van der Waals surface area contributed by atoms with Crippen LogP contribution >= 0.6 is 11.6 Å². The maximum Gasteiger partial charge on any atom is 1.00 e. The molecule has 2 aliphatic rings. The molecule has 14 heteroatoms. The number of benzene rings is 1. The molecule has 41 heavy (non-hydrogen) atoms. The Bertz CT molecular complexity index is 1160. The molecule has 2 fully saturated rings. The molecular formula is C27H38ClK2N3O7Si. The van der Waals surface area contributed by atoms with E-state index in [9.17, 15) is 4.79 Å². The van der Waals surface area contributed by atoms with Gasteiger partial charge >= 0.3 is 103 Å². The predicted molar refractivity (Wildman–Crippen MR) is 148 cm³/mol. The van der Waals surface area contributed by atoms with Crippen LogP contribution in [0.4, 0.5) is 10.5 Å². The van der Waals surface area contributed by atoms with Gasteiger partial charge in [0.05, 0.1) is 30.3 Å². The van der Waals surface area contributed by atoms with Crippen LogP contribution in [0.25, 0.3) is 5.69 Å². The Balaban J connectivity index is 0.00000131. The quantitative estimate of drug-likeness (QED) is 0.299. The van der Waals surface area contributed by atoms with Gasteiger partial charge in [-0.05, 0) is 67.3 Å². The van der Waals surface area contributed by atoms with Crippen LogP contribution in [0.2, 0.25) is 23.2 Å². The van der Waals surface area contributed by atoms with Crippen molar-refractivity contribution >= 4 is 31.8 Å². The molecule has 1 aromatic carbocycles. The second-order valence-corrected chi connectivity index (χ2v) is 16.6. The van der Waals surface area contributed by atoms with E-state index in [0.29, 0.717) is 23.8 Å². The SMILES string of the molecule is CC(C)(C)[Si](C)(C)OC1CC(Oc2ccc(-n3ncc(NC[C@H]4CCCOC4)c(Cl)c3=O)cc2)C1.O=C([O-])[O-].[K+].[K+]. The van der Waals surface area contributed by atoms with E-state index in [1.54, 1.807) is 6.20 Å². The molecule has 1 atom stereocenters. The minimum absolute atomic E-state index is 0. The average Bonchev–Trinajstić information content (AvgIpc) is 2.84. The second-order valence-electron chi connectivity index (χ2n) is 11.5. The zero-order chi connectivity index (χ0) is 28.8. The summed E-state index contributed by atoms with van der Waals surface area (Å²) in [4.78, 5) is 21.2. The van der Waals surface area contributed by atoms with Gasteiger partial charge in [-0.25, -0.2) is 0 Å². The maximum atomic E-state index is 12.8. The van der Waals surface area contributed by atoms with E-state index in [0.717, 1.165) is 44.6 Å². The van der Waals surface area contributed by atoms with Crippen molar-refractivity contribution in [1.82, 2.24) is 9.78 Å². The van der Waals surface area contributed by atoms with Gasteiger partial charge in [0, 0.05) is 26.0 Å². The molecule has 0 radical (unpaired) electrons. The number of ether oxygens (including phenoxy) is 2. The molecule has 10 nitrogen and oxygen atoms in total. The first-order valence-electron chi connectivity index (χ1n) is 13.2. The normalized spacial score (nSPS) is 20.2.